The molecular weight excluding hydrogens is 196 g/mol. The summed E-state index contributed by atoms with van der Waals surface area (Å²) in [6.07, 6.45) is 1.84. The van der Waals surface area contributed by atoms with Gasteiger partial charge in [0.25, 0.3) is 0 Å². The first kappa shape index (κ1) is 11.6. The van der Waals surface area contributed by atoms with E-state index in [1.807, 2.05) is 18.5 Å². The van der Waals surface area contributed by atoms with E-state index in [0.29, 0.717) is 0 Å². The third kappa shape index (κ3) is 3.36. The van der Waals surface area contributed by atoms with Gasteiger partial charge >= 0.3 is 0 Å². The number of hydrogen-bond donors (Lipinski definition) is 1. The third-order valence-electron chi connectivity index (χ3n) is 1.98. The van der Waals surface area contributed by atoms with Crippen LogP contribution in [0.25, 0.3) is 0 Å². The van der Waals surface area contributed by atoms with Crippen LogP contribution in [0, 0.1) is 0 Å². The average molecular weight is 214 g/mol. The van der Waals surface area contributed by atoms with Crippen LogP contribution in [0.5, 0.6) is 0 Å². The molecule has 1 aromatic rings. The Morgan fingerprint density at radius 3 is 2.93 bits per heavy atom. The van der Waals surface area contributed by atoms with Crippen molar-refractivity contribution in [3.05, 3.63) is 16.6 Å². The molecule has 0 aliphatic carbocycles. The molecule has 3 nitrogen and oxygen atoms in total. The molecule has 0 bridgehead atoms. The Balaban J connectivity index is 2.35. The van der Waals surface area contributed by atoms with E-state index in [2.05, 4.69) is 24.1 Å². The van der Waals surface area contributed by atoms with Gasteiger partial charge in [0, 0.05) is 24.7 Å². The van der Waals surface area contributed by atoms with Crippen LogP contribution in [-0.2, 0) is 10.3 Å². The Kier molecular flexibility index (Phi) is 4.51. The summed E-state index contributed by atoms with van der Waals surface area (Å²) in [4.78, 5) is 4.30. The van der Waals surface area contributed by atoms with E-state index in [9.17, 15) is 0 Å². The Morgan fingerprint density at radius 2 is 2.36 bits per heavy atom. The molecule has 4 heteroatoms. The summed E-state index contributed by atoms with van der Waals surface area (Å²) in [5.74, 6) is 0. The minimum absolute atomic E-state index is 0.0503. The van der Waals surface area contributed by atoms with Crippen LogP contribution in [0.15, 0.2) is 11.6 Å². The van der Waals surface area contributed by atoms with Gasteiger partial charge in [0.05, 0.1) is 12.1 Å². The van der Waals surface area contributed by atoms with Gasteiger partial charge in [-0.3, -0.25) is 0 Å². The highest BCUT2D eigenvalue weighted by Crippen LogP contribution is 2.21. The lowest BCUT2D eigenvalue weighted by molar-refractivity contribution is 0.142. The second-order valence-electron chi connectivity index (χ2n) is 3.59. The summed E-state index contributed by atoms with van der Waals surface area (Å²) in [5, 5.41) is 6.54. The van der Waals surface area contributed by atoms with E-state index in [4.69, 9.17) is 4.74 Å². The largest absolute Gasteiger partial charge is 0.380 e. The van der Waals surface area contributed by atoms with Gasteiger partial charge in [0.2, 0.25) is 0 Å². The first-order valence-corrected chi connectivity index (χ1v) is 5.77. The highest BCUT2D eigenvalue weighted by molar-refractivity contribution is 7.09. The number of ether oxygens (including phenoxy) is 1. The van der Waals surface area contributed by atoms with Crippen molar-refractivity contribution >= 4 is 11.3 Å². The highest BCUT2D eigenvalue weighted by Gasteiger charge is 2.21. The van der Waals surface area contributed by atoms with E-state index in [1.54, 1.807) is 11.3 Å². The lowest BCUT2D eigenvalue weighted by atomic mass is 10.1. The van der Waals surface area contributed by atoms with Crippen molar-refractivity contribution in [1.29, 1.82) is 0 Å². The van der Waals surface area contributed by atoms with Crippen molar-refractivity contribution in [1.82, 2.24) is 10.3 Å². The SMILES string of the molecule is CCOCCNC(C)(C)c1nccs1. The van der Waals surface area contributed by atoms with Gasteiger partial charge < -0.3 is 10.1 Å². The van der Waals surface area contributed by atoms with Gasteiger partial charge in [-0.15, -0.1) is 11.3 Å². The molecule has 0 fully saturated rings. The Bertz CT molecular complexity index is 247. The van der Waals surface area contributed by atoms with Crippen LogP contribution in [0.4, 0.5) is 0 Å². The van der Waals surface area contributed by atoms with E-state index >= 15 is 0 Å². The van der Waals surface area contributed by atoms with Crippen molar-refractivity contribution in [2.24, 2.45) is 0 Å². The summed E-state index contributed by atoms with van der Waals surface area (Å²) in [7, 11) is 0. The average Bonchev–Trinajstić information content (AvgIpc) is 2.65. The van der Waals surface area contributed by atoms with Crippen LogP contribution >= 0.6 is 11.3 Å². The quantitative estimate of drug-likeness (QED) is 0.735. The highest BCUT2D eigenvalue weighted by atomic mass is 32.1. The second kappa shape index (κ2) is 5.44. The maximum atomic E-state index is 5.27. The lowest BCUT2D eigenvalue weighted by Crippen LogP contribution is -2.38. The summed E-state index contributed by atoms with van der Waals surface area (Å²) >= 11 is 1.68. The molecule has 1 aromatic heterocycles. The zero-order valence-electron chi connectivity index (χ0n) is 9.04. The fraction of sp³-hybridized carbons (Fsp3) is 0.700. The predicted molar refractivity (Wildman–Crippen MR) is 59.6 cm³/mol. The first-order chi connectivity index (χ1) is 6.67. The zero-order valence-corrected chi connectivity index (χ0v) is 9.86. The van der Waals surface area contributed by atoms with Crippen LogP contribution in [-0.4, -0.2) is 24.7 Å². The standard InChI is InChI=1S/C10H18N2OS/c1-4-13-7-5-12-10(2,3)9-11-6-8-14-9/h6,8,12H,4-5,7H2,1-3H3. The molecule has 0 aliphatic heterocycles. The minimum Gasteiger partial charge on any atom is -0.380 e. The van der Waals surface area contributed by atoms with Crippen molar-refractivity contribution < 1.29 is 4.74 Å². The summed E-state index contributed by atoms with van der Waals surface area (Å²) in [6.45, 7) is 8.67. The van der Waals surface area contributed by atoms with Gasteiger partial charge in [-0.05, 0) is 20.8 Å². The smallest absolute Gasteiger partial charge is 0.112 e. The summed E-state index contributed by atoms with van der Waals surface area (Å²) < 4.78 is 5.27. The molecule has 0 atom stereocenters. The number of aromatic nitrogens is 1. The van der Waals surface area contributed by atoms with Crippen LogP contribution in [0.3, 0.4) is 0 Å². The van der Waals surface area contributed by atoms with Crippen LogP contribution in [0.2, 0.25) is 0 Å². The van der Waals surface area contributed by atoms with Crippen molar-refractivity contribution in [2.45, 2.75) is 26.3 Å². The van der Waals surface area contributed by atoms with Gasteiger partial charge in [0.1, 0.15) is 5.01 Å². The maximum absolute atomic E-state index is 5.27. The van der Waals surface area contributed by atoms with E-state index in [1.165, 1.54) is 0 Å². The van der Waals surface area contributed by atoms with Gasteiger partial charge in [-0.2, -0.15) is 0 Å². The van der Waals surface area contributed by atoms with Crippen molar-refractivity contribution in [2.75, 3.05) is 19.8 Å². The molecule has 1 N–H and O–H groups in total. The molecule has 1 heterocycles. The topological polar surface area (TPSA) is 34.1 Å². The molecule has 0 spiro atoms. The predicted octanol–water partition coefficient (Wildman–Crippen LogP) is 2.00. The van der Waals surface area contributed by atoms with Crippen LogP contribution < -0.4 is 5.32 Å². The molecule has 1 rings (SSSR count). The number of thiazole rings is 1. The second-order valence-corrected chi connectivity index (χ2v) is 4.48. The van der Waals surface area contributed by atoms with Crippen LogP contribution in [0.1, 0.15) is 25.8 Å². The van der Waals surface area contributed by atoms with Crippen molar-refractivity contribution in [3.8, 4) is 0 Å². The minimum atomic E-state index is -0.0503. The molecule has 14 heavy (non-hydrogen) atoms. The Labute approximate surface area is 89.5 Å². The van der Waals surface area contributed by atoms with Gasteiger partial charge in [-0.1, -0.05) is 0 Å². The Hall–Kier alpha value is -0.450. The molecule has 80 valence electrons. The molecule has 0 unspecified atom stereocenters. The molecule has 0 radical (unpaired) electrons. The zero-order chi connectivity index (χ0) is 10.4. The normalized spacial score (nSPS) is 11.9. The fourth-order valence-corrected chi connectivity index (χ4v) is 1.93. The summed E-state index contributed by atoms with van der Waals surface area (Å²) in [6, 6.07) is 0. The van der Waals surface area contributed by atoms with E-state index < -0.39 is 0 Å². The van der Waals surface area contributed by atoms with Gasteiger partial charge in [0.15, 0.2) is 0 Å². The maximum Gasteiger partial charge on any atom is 0.112 e. The first-order valence-electron chi connectivity index (χ1n) is 4.89. The number of nitrogens with one attached hydrogen (secondary N) is 1. The summed E-state index contributed by atoms with van der Waals surface area (Å²) in [5.41, 5.74) is -0.0503. The molecule has 0 saturated carbocycles. The number of nitrogens with zero attached hydrogens (tertiary/aromatic N) is 1. The van der Waals surface area contributed by atoms with Crippen molar-refractivity contribution in [3.63, 3.8) is 0 Å². The third-order valence-corrected chi connectivity index (χ3v) is 3.08. The molecule has 0 amide bonds. The Morgan fingerprint density at radius 1 is 1.57 bits per heavy atom. The van der Waals surface area contributed by atoms with E-state index in [-0.39, 0.29) is 5.54 Å². The van der Waals surface area contributed by atoms with E-state index in [0.717, 1.165) is 24.8 Å². The van der Waals surface area contributed by atoms with Gasteiger partial charge in [-0.25, -0.2) is 4.98 Å². The monoisotopic (exact) mass is 214 g/mol. The number of rotatable bonds is 6. The molecule has 0 saturated heterocycles. The lowest BCUT2D eigenvalue weighted by Gasteiger charge is -2.23. The number of hydrogen-bond acceptors (Lipinski definition) is 4. The molecule has 0 aliphatic rings. The molecule has 0 aromatic carbocycles. The molecular formula is C10H18N2OS. The fourth-order valence-electron chi connectivity index (χ4n) is 1.19.